The van der Waals surface area contributed by atoms with Crippen molar-refractivity contribution in [3.8, 4) is 0 Å². The molecule has 0 aromatic heterocycles. The van der Waals surface area contributed by atoms with Gasteiger partial charge in [0, 0.05) is 33.4 Å². The van der Waals surface area contributed by atoms with Crippen LogP contribution in [0.1, 0.15) is 38.2 Å². The Morgan fingerprint density at radius 1 is 0.467 bits per heavy atom. The quantitative estimate of drug-likeness (QED) is 0.233. The summed E-state index contributed by atoms with van der Waals surface area (Å²) in [5.74, 6) is -0.507. The van der Waals surface area contributed by atoms with Gasteiger partial charge in [0.25, 0.3) is 0 Å². The predicted octanol–water partition coefficient (Wildman–Crippen LogP) is 10.2. The second-order valence-electron chi connectivity index (χ2n) is 5.84. The molecule has 13 heteroatoms. The van der Waals surface area contributed by atoms with Gasteiger partial charge >= 0.3 is 0 Å². The molecular formula is C17H6Cl12O. The lowest BCUT2D eigenvalue weighted by Gasteiger charge is -2.23. The minimum atomic E-state index is -1.97. The Hall–Kier alpha value is 1.59. The van der Waals surface area contributed by atoms with Crippen LogP contribution in [0.5, 0.6) is 0 Å². The van der Waals surface area contributed by atoms with Crippen molar-refractivity contribution in [2.45, 2.75) is 15.2 Å². The average molecular weight is 652 g/mol. The molecule has 1 nitrogen and oxygen atoms in total. The Morgan fingerprint density at radius 2 is 0.733 bits per heavy atom. The molecule has 2 rings (SSSR count). The minimum Gasteiger partial charge on any atom is -0.289 e. The number of halogens is 12. The fourth-order valence-corrected chi connectivity index (χ4v) is 4.43. The van der Waals surface area contributed by atoms with Crippen molar-refractivity contribution >= 4 is 145 Å². The summed E-state index contributed by atoms with van der Waals surface area (Å²) in [5, 5.41) is 0. The Morgan fingerprint density at radius 3 is 0.967 bits per heavy atom. The van der Waals surface area contributed by atoms with Gasteiger partial charge in [0.1, 0.15) is 0 Å². The molecule has 0 bridgehead atoms. The maximum atomic E-state index is 13.1. The highest BCUT2D eigenvalue weighted by Gasteiger charge is 2.37. The molecule has 0 aliphatic heterocycles. The average Bonchev–Trinajstić information content (AvgIpc) is 2.57. The van der Waals surface area contributed by atoms with Crippen molar-refractivity contribution in [2.75, 3.05) is 0 Å². The highest BCUT2D eigenvalue weighted by atomic mass is 35.6. The zero-order valence-corrected chi connectivity index (χ0v) is 23.0. The fraction of sp³-hybridized carbons (Fsp3) is 0.235. The summed E-state index contributed by atoms with van der Waals surface area (Å²) in [7, 11) is 0. The zero-order chi connectivity index (χ0) is 23.3. The van der Waals surface area contributed by atoms with E-state index in [1.165, 1.54) is 36.4 Å². The van der Waals surface area contributed by atoms with E-state index in [1.54, 1.807) is 0 Å². The first-order valence-electron chi connectivity index (χ1n) is 7.45. The number of alkyl halides is 12. The lowest BCUT2D eigenvalue weighted by Crippen LogP contribution is -2.16. The Kier molecular flexibility index (Phi) is 8.98. The van der Waals surface area contributed by atoms with Crippen molar-refractivity contribution in [3.63, 3.8) is 0 Å². The van der Waals surface area contributed by atoms with E-state index in [9.17, 15) is 4.79 Å². The van der Waals surface area contributed by atoms with E-state index >= 15 is 0 Å². The zero-order valence-electron chi connectivity index (χ0n) is 13.9. The van der Waals surface area contributed by atoms with Crippen molar-refractivity contribution in [1.29, 1.82) is 0 Å². The van der Waals surface area contributed by atoms with Crippen LogP contribution in [0.4, 0.5) is 0 Å². The van der Waals surface area contributed by atoms with E-state index in [-0.39, 0.29) is 33.4 Å². The normalized spacial score (nSPS) is 13.5. The molecule has 2 aromatic carbocycles. The number of hydrogen-bond donors (Lipinski definition) is 0. The minimum absolute atomic E-state index is 0.0119. The highest BCUT2D eigenvalue weighted by molar-refractivity contribution is 6.70. The molecule has 164 valence electrons. The summed E-state index contributed by atoms with van der Waals surface area (Å²) in [6.45, 7) is 0. The van der Waals surface area contributed by atoms with Crippen molar-refractivity contribution in [2.24, 2.45) is 0 Å². The van der Waals surface area contributed by atoms with Crippen LogP contribution >= 0.6 is 139 Å². The van der Waals surface area contributed by atoms with Gasteiger partial charge in [-0.25, -0.2) is 0 Å². The summed E-state index contributed by atoms with van der Waals surface area (Å²) < 4.78 is -7.74. The van der Waals surface area contributed by atoms with E-state index < -0.39 is 21.0 Å². The molecule has 0 saturated heterocycles. The maximum Gasteiger partial charge on any atom is 0.216 e. The fourth-order valence-electron chi connectivity index (χ4n) is 2.50. The molecule has 0 N–H and O–H groups in total. The summed E-state index contributed by atoms with van der Waals surface area (Å²) in [5.41, 5.74) is 0.448. The van der Waals surface area contributed by atoms with Gasteiger partial charge in [-0.1, -0.05) is 163 Å². The monoisotopic (exact) mass is 646 g/mol. The largest absolute Gasteiger partial charge is 0.289 e. The van der Waals surface area contributed by atoms with Gasteiger partial charge < -0.3 is 0 Å². The molecule has 0 aliphatic carbocycles. The van der Waals surface area contributed by atoms with Crippen molar-refractivity contribution in [3.05, 3.63) is 69.8 Å². The number of benzene rings is 2. The topological polar surface area (TPSA) is 17.1 Å². The van der Waals surface area contributed by atoms with Crippen LogP contribution in [-0.2, 0) is 15.2 Å². The molecule has 0 aliphatic rings. The van der Waals surface area contributed by atoms with E-state index in [0.717, 1.165) is 0 Å². The van der Waals surface area contributed by atoms with E-state index in [4.69, 9.17) is 139 Å². The van der Waals surface area contributed by atoms with Gasteiger partial charge in [0.05, 0.1) is 0 Å². The lowest BCUT2D eigenvalue weighted by atomic mass is 9.96. The number of ketones is 1. The molecular weight excluding hydrogens is 646 g/mol. The molecule has 0 atom stereocenters. The van der Waals surface area contributed by atoms with Gasteiger partial charge in [0.2, 0.25) is 15.2 Å². The van der Waals surface area contributed by atoms with Gasteiger partial charge in [-0.15, -0.1) is 0 Å². The van der Waals surface area contributed by atoms with E-state index in [2.05, 4.69) is 0 Å². The Labute approximate surface area is 232 Å². The molecule has 2 aromatic rings. The molecule has 0 amide bonds. The third-order valence-corrected chi connectivity index (χ3v) is 6.23. The molecule has 0 spiro atoms. The van der Waals surface area contributed by atoms with Crippen LogP contribution in [-0.4, -0.2) is 5.78 Å². The Balaban J connectivity index is 2.64. The number of carbonyl (C=O) groups excluding carboxylic acids is 1. The van der Waals surface area contributed by atoms with E-state index in [1.807, 2.05) is 0 Å². The highest BCUT2D eigenvalue weighted by Crippen LogP contribution is 2.50. The number of carbonyl (C=O) groups is 1. The van der Waals surface area contributed by atoms with Crippen LogP contribution in [0.25, 0.3) is 0 Å². The standard InChI is InChI=1S/C17H6Cl12O/c18-14(19,20)9-3-1-7(5-11(9)16(24,25)26)13(30)8-2-4-10(15(21,22)23)12(6-8)17(27,28)29/h1-6H. The van der Waals surface area contributed by atoms with Crippen molar-refractivity contribution < 1.29 is 4.79 Å². The van der Waals surface area contributed by atoms with E-state index in [0.29, 0.717) is 0 Å². The van der Waals surface area contributed by atoms with Crippen LogP contribution in [0.3, 0.4) is 0 Å². The van der Waals surface area contributed by atoms with Gasteiger partial charge in [-0.3, -0.25) is 4.79 Å². The first-order valence-corrected chi connectivity index (χ1v) is 12.0. The molecule has 0 heterocycles. The second-order valence-corrected chi connectivity index (χ2v) is 15.0. The molecule has 0 radical (unpaired) electrons. The third kappa shape index (κ3) is 6.81. The third-order valence-electron chi connectivity index (χ3n) is 3.79. The lowest BCUT2D eigenvalue weighted by molar-refractivity contribution is 0.103. The SMILES string of the molecule is O=C(c1ccc(C(Cl)(Cl)Cl)c(C(Cl)(Cl)Cl)c1)c1ccc(C(Cl)(Cl)Cl)c(C(Cl)(Cl)Cl)c1. The van der Waals surface area contributed by atoms with Crippen LogP contribution < -0.4 is 0 Å². The molecule has 0 saturated carbocycles. The molecule has 0 fully saturated rings. The number of hydrogen-bond acceptors (Lipinski definition) is 1. The predicted molar refractivity (Wildman–Crippen MR) is 133 cm³/mol. The molecule has 0 unspecified atom stereocenters. The first kappa shape index (κ1) is 27.8. The van der Waals surface area contributed by atoms with Crippen LogP contribution in [0.2, 0.25) is 0 Å². The second kappa shape index (κ2) is 9.68. The van der Waals surface area contributed by atoms with Crippen molar-refractivity contribution in [1.82, 2.24) is 0 Å². The van der Waals surface area contributed by atoms with Crippen LogP contribution in [0, 0.1) is 0 Å². The smallest absolute Gasteiger partial charge is 0.216 e. The summed E-state index contributed by atoms with van der Waals surface area (Å²) in [6, 6.07) is 8.12. The Bertz CT molecular complexity index is 883. The maximum absolute atomic E-state index is 13.1. The van der Waals surface area contributed by atoms with Gasteiger partial charge in [0.15, 0.2) is 5.78 Å². The van der Waals surface area contributed by atoms with Crippen LogP contribution in [0.15, 0.2) is 36.4 Å². The number of rotatable bonds is 2. The first-order chi connectivity index (χ1) is 13.3. The van der Waals surface area contributed by atoms with Gasteiger partial charge in [-0.05, 0) is 12.1 Å². The summed E-state index contributed by atoms with van der Waals surface area (Å²) >= 11 is 71.6. The summed E-state index contributed by atoms with van der Waals surface area (Å²) in [4.78, 5) is 13.1. The summed E-state index contributed by atoms with van der Waals surface area (Å²) in [6.07, 6.45) is 0. The molecule has 30 heavy (non-hydrogen) atoms. The van der Waals surface area contributed by atoms with Gasteiger partial charge in [-0.2, -0.15) is 0 Å².